The first-order chi connectivity index (χ1) is 18.7. The predicted molar refractivity (Wildman–Crippen MR) is 141 cm³/mol. The van der Waals surface area contributed by atoms with Gasteiger partial charge in [0, 0.05) is 41.5 Å². The Morgan fingerprint density at radius 1 is 0.974 bits per heavy atom. The molecule has 0 saturated heterocycles. The highest BCUT2D eigenvalue weighted by Gasteiger charge is 2.35. The molecular formula is C29H24F3N5O2. The predicted octanol–water partition coefficient (Wildman–Crippen LogP) is 5.92. The van der Waals surface area contributed by atoms with Crippen LogP contribution in [0.4, 0.5) is 13.2 Å². The van der Waals surface area contributed by atoms with Crippen LogP contribution >= 0.6 is 0 Å². The van der Waals surface area contributed by atoms with E-state index < -0.39 is 17.7 Å². The molecule has 10 heteroatoms. The van der Waals surface area contributed by atoms with Crippen LogP contribution in [-0.2, 0) is 12.6 Å². The second-order valence-electron chi connectivity index (χ2n) is 9.15. The highest BCUT2D eigenvalue weighted by Crippen LogP contribution is 2.34. The van der Waals surface area contributed by atoms with Crippen molar-refractivity contribution in [2.45, 2.75) is 32.4 Å². The van der Waals surface area contributed by atoms with Gasteiger partial charge in [-0.2, -0.15) is 13.2 Å². The largest absolute Gasteiger partial charge is 0.467 e. The van der Waals surface area contributed by atoms with Gasteiger partial charge in [0.25, 0.3) is 5.56 Å². The van der Waals surface area contributed by atoms with E-state index >= 15 is 0 Å². The standard InChI is InChI=1S/C29H24F3N5O2/c1-17(12-24-23(29(30,31)32)16-33-18(2)36-24)25-13-19-8-7-11-22(20-14-34-28(39-3)35-15-20)26(19)27(38)37(25)21-9-5-4-6-10-21/h4-11,13-17H,12H2,1-3H3/t17-/m1/s1. The summed E-state index contributed by atoms with van der Waals surface area (Å²) in [7, 11) is 1.47. The molecule has 5 aromatic rings. The Balaban J connectivity index is 1.72. The van der Waals surface area contributed by atoms with Crippen LogP contribution in [0.5, 0.6) is 6.01 Å². The Bertz CT molecular complexity index is 1700. The fourth-order valence-electron chi connectivity index (χ4n) is 4.69. The number of alkyl halides is 3. The van der Waals surface area contributed by atoms with E-state index in [2.05, 4.69) is 19.9 Å². The fourth-order valence-corrected chi connectivity index (χ4v) is 4.69. The number of hydrogen-bond donors (Lipinski definition) is 0. The molecule has 7 nitrogen and oxygen atoms in total. The van der Waals surface area contributed by atoms with Crippen LogP contribution in [0.15, 0.2) is 78.0 Å². The van der Waals surface area contributed by atoms with Gasteiger partial charge in [-0.05, 0) is 42.5 Å². The first-order valence-corrected chi connectivity index (χ1v) is 12.2. The van der Waals surface area contributed by atoms with Crippen molar-refractivity contribution in [1.29, 1.82) is 0 Å². The van der Waals surface area contributed by atoms with Gasteiger partial charge in [-0.25, -0.2) is 19.9 Å². The van der Waals surface area contributed by atoms with Gasteiger partial charge in [0.15, 0.2) is 0 Å². The molecule has 0 fully saturated rings. The number of benzene rings is 2. The monoisotopic (exact) mass is 531 g/mol. The Morgan fingerprint density at radius 3 is 2.36 bits per heavy atom. The number of nitrogens with zero attached hydrogens (tertiary/aromatic N) is 5. The van der Waals surface area contributed by atoms with Crippen molar-refractivity contribution in [3.63, 3.8) is 0 Å². The van der Waals surface area contributed by atoms with Crippen LogP contribution in [-0.4, -0.2) is 31.6 Å². The zero-order valence-electron chi connectivity index (χ0n) is 21.4. The molecule has 5 rings (SSSR count). The van der Waals surface area contributed by atoms with Gasteiger partial charge < -0.3 is 4.74 Å². The zero-order valence-corrected chi connectivity index (χ0v) is 21.4. The zero-order chi connectivity index (χ0) is 27.7. The summed E-state index contributed by atoms with van der Waals surface area (Å²) in [6, 6.07) is 16.5. The van der Waals surface area contributed by atoms with Gasteiger partial charge in [0.1, 0.15) is 5.82 Å². The molecule has 0 aliphatic rings. The smallest absolute Gasteiger partial charge is 0.419 e. The van der Waals surface area contributed by atoms with E-state index in [4.69, 9.17) is 4.74 Å². The maximum absolute atomic E-state index is 14.2. The highest BCUT2D eigenvalue weighted by atomic mass is 19.4. The second-order valence-corrected chi connectivity index (χ2v) is 9.15. The molecule has 0 bridgehead atoms. The minimum Gasteiger partial charge on any atom is -0.467 e. The van der Waals surface area contributed by atoms with Crippen LogP contribution in [0.3, 0.4) is 0 Å². The first kappa shape index (κ1) is 26.0. The number of fused-ring (bicyclic) bond motifs is 1. The van der Waals surface area contributed by atoms with E-state index in [1.165, 1.54) is 7.11 Å². The molecule has 198 valence electrons. The molecule has 2 aromatic carbocycles. The van der Waals surface area contributed by atoms with Gasteiger partial charge in [-0.15, -0.1) is 0 Å². The van der Waals surface area contributed by atoms with E-state index in [9.17, 15) is 18.0 Å². The number of hydrogen-bond acceptors (Lipinski definition) is 6. The highest BCUT2D eigenvalue weighted by molar-refractivity contribution is 5.96. The van der Waals surface area contributed by atoms with Gasteiger partial charge in [0.05, 0.1) is 23.8 Å². The quantitative estimate of drug-likeness (QED) is 0.271. The summed E-state index contributed by atoms with van der Waals surface area (Å²) in [4.78, 5) is 30.4. The third-order valence-corrected chi connectivity index (χ3v) is 6.51. The molecule has 1 atom stereocenters. The average molecular weight is 532 g/mol. The van der Waals surface area contributed by atoms with Crippen molar-refractivity contribution >= 4 is 10.8 Å². The third-order valence-electron chi connectivity index (χ3n) is 6.51. The molecule has 3 heterocycles. The number of aryl methyl sites for hydroxylation is 1. The minimum absolute atomic E-state index is 0.0397. The van der Waals surface area contributed by atoms with Crippen molar-refractivity contribution in [3.05, 3.63) is 106 Å². The molecule has 0 saturated carbocycles. The SMILES string of the molecule is COc1ncc(-c2cccc3cc([C@H](C)Cc4nc(C)ncc4C(F)(F)F)n(-c4ccccc4)c(=O)c23)cn1. The Hall–Kier alpha value is -4.60. The van der Waals surface area contributed by atoms with E-state index in [0.717, 1.165) is 6.20 Å². The molecule has 0 aliphatic carbocycles. The second kappa shape index (κ2) is 10.3. The van der Waals surface area contributed by atoms with Crippen LogP contribution in [0, 0.1) is 6.92 Å². The molecule has 0 unspecified atom stereocenters. The number of para-hydroxylation sites is 1. The van der Waals surface area contributed by atoms with E-state index in [1.807, 2.05) is 30.3 Å². The molecule has 0 aliphatic heterocycles. The number of pyridine rings is 1. The maximum atomic E-state index is 14.2. The van der Waals surface area contributed by atoms with Gasteiger partial charge >= 0.3 is 12.2 Å². The Kier molecular flexibility index (Phi) is 6.86. The molecule has 0 amide bonds. The van der Waals surface area contributed by atoms with Crippen LogP contribution in [0.25, 0.3) is 27.6 Å². The fraction of sp³-hybridized carbons (Fsp3) is 0.207. The molecular weight excluding hydrogens is 507 g/mol. The van der Waals surface area contributed by atoms with Crippen molar-refractivity contribution in [3.8, 4) is 22.8 Å². The van der Waals surface area contributed by atoms with E-state index in [1.54, 1.807) is 55.1 Å². The molecule has 39 heavy (non-hydrogen) atoms. The lowest BCUT2D eigenvalue weighted by Gasteiger charge is -2.22. The Labute approximate surface area is 222 Å². The first-order valence-electron chi connectivity index (χ1n) is 12.2. The summed E-state index contributed by atoms with van der Waals surface area (Å²) in [6.45, 7) is 3.34. The van der Waals surface area contributed by atoms with E-state index in [-0.39, 0.29) is 29.5 Å². The van der Waals surface area contributed by atoms with Crippen molar-refractivity contribution in [2.24, 2.45) is 0 Å². The summed E-state index contributed by atoms with van der Waals surface area (Å²) >= 11 is 0. The number of halogens is 3. The van der Waals surface area contributed by atoms with Gasteiger partial charge in [-0.3, -0.25) is 9.36 Å². The van der Waals surface area contributed by atoms with Crippen LogP contribution in [0.1, 0.15) is 35.6 Å². The number of rotatable bonds is 6. The number of ether oxygens (including phenoxy) is 1. The summed E-state index contributed by atoms with van der Waals surface area (Å²) in [5.41, 5.74) is 1.13. The molecule has 0 N–H and O–H groups in total. The lowest BCUT2D eigenvalue weighted by molar-refractivity contribution is -0.138. The lowest BCUT2D eigenvalue weighted by Crippen LogP contribution is -2.25. The minimum atomic E-state index is -4.60. The van der Waals surface area contributed by atoms with Crippen molar-refractivity contribution < 1.29 is 17.9 Å². The molecule has 3 aromatic heterocycles. The normalized spacial score (nSPS) is 12.5. The third kappa shape index (κ3) is 5.09. The van der Waals surface area contributed by atoms with Gasteiger partial charge in [0.2, 0.25) is 0 Å². The average Bonchev–Trinajstić information content (AvgIpc) is 2.92. The molecule has 0 spiro atoms. The Morgan fingerprint density at radius 2 is 1.69 bits per heavy atom. The summed E-state index contributed by atoms with van der Waals surface area (Å²) < 4.78 is 47.9. The summed E-state index contributed by atoms with van der Waals surface area (Å²) in [6.07, 6.45) is -0.653. The maximum Gasteiger partial charge on any atom is 0.419 e. The summed E-state index contributed by atoms with van der Waals surface area (Å²) in [5.74, 6) is -0.249. The molecule has 0 radical (unpaired) electrons. The van der Waals surface area contributed by atoms with Crippen LogP contribution in [0.2, 0.25) is 0 Å². The van der Waals surface area contributed by atoms with Gasteiger partial charge in [-0.1, -0.05) is 43.3 Å². The van der Waals surface area contributed by atoms with E-state index in [0.29, 0.717) is 33.3 Å². The topological polar surface area (TPSA) is 82.8 Å². The number of aromatic nitrogens is 5. The van der Waals surface area contributed by atoms with Crippen LogP contribution < -0.4 is 10.3 Å². The van der Waals surface area contributed by atoms with Crippen molar-refractivity contribution in [2.75, 3.05) is 7.11 Å². The summed E-state index contributed by atoms with van der Waals surface area (Å²) in [5, 5.41) is 1.09. The lowest BCUT2D eigenvalue weighted by atomic mass is 9.94. The van der Waals surface area contributed by atoms with Crippen molar-refractivity contribution in [1.82, 2.24) is 24.5 Å². The number of methoxy groups -OCH3 is 1.